The Morgan fingerprint density at radius 2 is 1.75 bits per heavy atom. The molecule has 0 N–H and O–H groups in total. The van der Waals surface area contributed by atoms with Crippen molar-refractivity contribution >= 4 is 17.5 Å². The van der Waals surface area contributed by atoms with Crippen LogP contribution in [0.4, 0.5) is 10.1 Å². The van der Waals surface area contributed by atoms with Crippen molar-refractivity contribution in [3.8, 4) is 0 Å². The van der Waals surface area contributed by atoms with Gasteiger partial charge in [0.25, 0.3) is 11.6 Å². The van der Waals surface area contributed by atoms with E-state index in [1.807, 2.05) is 23.2 Å². The minimum Gasteiger partial charge on any atom is -0.383 e. The van der Waals surface area contributed by atoms with Crippen molar-refractivity contribution in [1.29, 1.82) is 0 Å². The first-order valence-electron chi connectivity index (χ1n) is 13.6. The number of benzene rings is 2. The number of methoxy groups -OCH3 is 1. The molecule has 0 spiro atoms. The molecule has 0 radical (unpaired) electrons. The molecule has 0 atom stereocenters. The maximum absolute atomic E-state index is 13.9. The Labute approximate surface area is 233 Å². The Kier molecular flexibility index (Phi) is 10.0. The zero-order chi connectivity index (χ0) is 28.5. The van der Waals surface area contributed by atoms with Crippen LogP contribution in [0, 0.1) is 15.9 Å². The number of non-ortho nitro benzene ring substituents is 1. The number of carbonyl (C=O) groups is 2. The summed E-state index contributed by atoms with van der Waals surface area (Å²) in [5, 5.41) is 11.0. The fourth-order valence-corrected chi connectivity index (χ4v) is 5.14. The summed E-state index contributed by atoms with van der Waals surface area (Å²) in [5.41, 5.74) is 2.07. The zero-order valence-corrected chi connectivity index (χ0v) is 22.7. The van der Waals surface area contributed by atoms with Gasteiger partial charge in [0.2, 0.25) is 5.91 Å². The number of nitrogens with zero attached hydrogens (tertiary/aromatic N) is 4. The van der Waals surface area contributed by atoms with E-state index >= 15 is 0 Å². The molecule has 1 aliphatic carbocycles. The highest BCUT2D eigenvalue weighted by molar-refractivity contribution is 5.96. The van der Waals surface area contributed by atoms with Crippen LogP contribution in [0.1, 0.15) is 53.7 Å². The molecule has 2 amide bonds. The molecule has 1 fully saturated rings. The van der Waals surface area contributed by atoms with E-state index in [-0.39, 0.29) is 54.6 Å². The van der Waals surface area contributed by atoms with Crippen molar-refractivity contribution in [2.75, 3.05) is 26.8 Å². The highest BCUT2D eigenvalue weighted by Crippen LogP contribution is 2.25. The molecule has 3 aromatic rings. The number of carbonyl (C=O) groups excluding carboxylic acids is 2. The Morgan fingerprint density at radius 1 is 1.05 bits per heavy atom. The van der Waals surface area contributed by atoms with E-state index in [9.17, 15) is 24.1 Å². The summed E-state index contributed by atoms with van der Waals surface area (Å²) < 4.78 is 20.6. The number of hydrogen-bond donors (Lipinski definition) is 0. The third-order valence-electron chi connectivity index (χ3n) is 7.36. The standard InChI is InChI=1S/C30H35FN4O5/c1-40-19-18-33(30(37)24-11-15-27(16-12-24)35(38)39)22-29(36)34(26-6-3-2-4-7-26)21-28-8-5-17-32(28)20-23-9-13-25(31)14-10-23/h5,8-17,26H,2-4,6-7,18-22H2,1H3. The lowest BCUT2D eigenvalue weighted by Gasteiger charge is -2.36. The van der Waals surface area contributed by atoms with Crippen LogP contribution < -0.4 is 0 Å². The van der Waals surface area contributed by atoms with E-state index in [2.05, 4.69) is 4.57 Å². The molecule has 10 heteroatoms. The average Bonchev–Trinajstić information content (AvgIpc) is 3.41. The number of nitro benzene ring substituents is 1. The Hall–Kier alpha value is -4.05. The van der Waals surface area contributed by atoms with Gasteiger partial charge in [-0.05, 0) is 54.8 Å². The van der Waals surface area contributed by atoms with Gasteiger partial charge < -0.3 is 19.1 Å². The Bertz CT molecular complexity index is 1290. The molecule has 0 unspecified atom stereocenters. The highest BCUT2D eigenvalue weighted by atomic mass is 19.1. The van der Waals surface area contributed by atoms with Gasteiger partial charge in [-0.25, -0.2) is 4.39 Å². The van der Waals surface area contributed by atoms with Gasteiger partial charge in [-0.2, -0.15) is 0 Å². The predicted octanol–water partition coefficient (Wildman–Crippen LogP) is 5.03. The van der Waals surface area contributed by atoms with Crippen LogP contribution in [0.3, 0.4) is 0 Å². The second kappa shape index (κ2) is 13.8. The Morgan fingerprint density at radius 3 is 2.40 bits per heavy atom. The van der Waals surface area contributed by atoms with Gasteiger partial charge in [0.05, 0.1) is 18.1 Å². The number of hydrogen-bond acceptors (Lipinski definition) is 5. The van der Waals surface area contributed by atoms with Crippen molar-refractivity contribution in [3.63, 3.8) is 0 Å². The van der Waals surface area contributed by atoms with Gasteiger partial charge in [0, 0.05) is 55.8 Å². The lowest BCUT2D eigenvalue weighted by molar-refractivity contribution is -0.384. The van der Waals surface area contributed by atoms with E-state index in [4.69, 9.17) is 4.74 Å². The summed E-state index contributed by atoms with van der Waals surface area (Å²) in [7, 11) is 1.53. The first-order valence-corrected chi connectivity index (χ1v) is 13.6. The monoisotopic (exact) mass is 550 g/mol. The molecule has 2 aromatic carbocycles. The van der Waals surface area contributed by atoms with Gasteiger partial charge in [-0.1, -0.05) is 31.4 Å². The molecule has 40 heavy (non-hydrogen) atoms. The quantitative estimate of drug-likeness (QED) is 0.233. The molecular weight excluding hydrogens is 515 g/mol. The maximum Gasteiger partial charge on any atom is 0.269 e. The minimum atomic E-state index is -0.519. The average molecular weight is 551 g/mol. The van der Waals surface area contributed by atoms with Crippen molar-refractivity contribution < 1.29 is 23.6 Å². The van der Waals surface area contributed by atoms with Crippen molar-refractivity contribution in [1.82, 2.24) is 14.4 Å². The van der Waals surface area contributed by atoms with Gasteiger partial charge in [-0.15, -0.1) is 0 Å². The molecule has 1 aromatic heterocycles. The molecule has 9 nitrogen and oxygen atoms in total. The van der Waals surface area contributed by atoms with Crippen LogP contribution in [-0.4, -0.2) is 64.0 Å². The van der Waals surface area contributed by atoms with Crippen LogP contribution >= 0.6 is 0 Å². The molecule has 0 saturated heterocycles. The van der Waals surface area contributed by atoms with Crippen LogP contribution in [0.2, 0.25) is 0 Å². The normalized spacial score (nSPS) is 13.7. The third kappa shape index (κ3) is 7.53. The van der Waals surface area contributed by atoms with E-state index in [1.165, 1.54) is 48.4 Å². The summed E-state index contributed by atoms with van der Waals surface area (Å²) >= 11 is 0. The second-order valence-electron chi connectivity index (χ2n) is 10.1. The van der Waals surface area contributed by atoms with Crippen LogP contribution in [0.15, 0.2) is 66.9 Å². The summed E-state index contributed by atoms with van der Waals surface area (Å²) in [6.45, 7) is 1.26. The lowest BCUT2D eigenvalue weighted by atomic mass is 9.94. The van der Waals surface area contributed by atoms with Gasteiger partial charge >= 0.3 is 0 Å². The largest absolute Gasteiger partial charge is 0.383 e. The molecule has 212 valence electrons. The van der Waals surface area contributed by atoms with Crippen LogP contribution in [0.5, 0.6) is 0 Å². The lowest BCUT2D eigenvalue weighted by Crippen LogP contribution is -2.48. The summed E-state index contributed by atoms with van der Waals surface area (Å²) in [6, 6.07) is 15.7. The highest BCUT2D eigenvalue weighted by Gasteiger charge is 2.29. The SMILES string of the molecule is COCCN(CC(=O)N(Cc1cccn1Cc1ccc(F)cc1)C1CCCCC1)C(=O)c1ccc([N+](=O)[O-])cc1. The molecule has 0 bridgehead atoms. The van der Waals surface area contributed by atoms with E-state index in [0.717, 1.165) is 43.4 Å². The number of ether oxygens (including phenoxy) is 1. The minimum absolute atomic E-state index is 0.0640. The van der Waals surface area contributed by atoms with Gasteiger partial charge in [-0.3, -0.25) is 19.7 Å². The maximum atomic E-state index is 13.9. The van der Waals surface area contributed by atoms with Crippen molar-refractivity contribution in [2.24, 2.45) is 0 Å². The number of amides is 2. The first-order chi connectivity index (χ1) is 19.4. The number of rotatable bonds is 12. The smallest absolute Gasteiger partial charge is 0.269 e. The summed E-state index contributed by atoms with van der Waals surface area (Å²) in [6.07, 6.45) is 6.97. The summed E-state index contributed by atoms with van der Waals surface area (Å²) in [4.78, 5) is 41.1. The molecular formula is C30H35FN4O5. The fraction of sp³-hybridized carbons (Fsp3) is 0.400. The molecule has 4 rings (SSSR count). The van der Waals surface area contributed by atoms with Gasteiger partial charge in [0.1, 0.15) is 12.4 Å². The van der Waals surface area contributed by atoms with Crippen LogP contribution in [-0.2, 0) is 22.6 Å². The van der Waals surface area contributed by atoms with Crippen molar-refractivity contribution in [3.05, 3.63) is 99.6 Å². The number of nitro groups is 1. The predicted molar refractivity (Wildman–Crippen MR) is 148 cm³/mol. The van der Waals surface area contributed by atoms with E-state index < -0.39 is 4.92 Å². The number of halogens is 1. The Balaban J connectivity index is 1.54. The third-order valence-corrected chi connectivity index (χ3v) is 7.36. The van der Waals surface area contributed by atoms with Crippen LogP contribution in [0.25, 0.3) is 0 Å². The van der Waals surface area contributed by atoms with Crippen molar-refractivity contribution in [2.45, 2.75) is 51.2 Å². The van der Waals surface area contributed by atoms with E-state index in [0.29, 0.717) is 13.1 Å². The van der Waals surface area contributed by atoms with E-state index in [1.54, 1.807) is 12.1 Å². The topological polar surface area (TPSA) is 97.9 Å². The number of aromatic nitrogens is 1. The molecule has 0 aliphatic heterocycles. The zero-order valence-electron chi connectivity index (χ0n) is 22.7. The molecule has 1 aliphatic rings. The fourth-order valence-electron chi connectivity index (χ4n) is 5.14. The molecule has 1 heterocycles. The summed E-state index contributed by atoms with van der Waals surface area (Å²) in [5.74, 6) is -0.830. The first kappa shape index (κ1) is 28.9. The van der Waals surface area contributed by atoms with Gasteiger partial charge in [0.15, 0.2) is 0 Å². The second-order valence-corrected chi connectivity index (χ2v) is 10.1. The molecule has 1 saturated carbocycles.